The Bertz CT molecular complexity index is 724. The smallest absolute Gasteiger partial charge is 0.215 e. The minimum atomic E-state index is -3.25. The van der Waals surface area contributed by atoms with Gasteiger partial charge in [-0.05, 0) is 31.7 Å². The molecular formula is C18H26N2O4S. The molecule has 138 valence electrons. The first-order chi connectivity index (χ1) is 12.0. The Morgan fingerprint density at radius 2 is 1.96 bits per heavy atom. The average Bonchev–Trinajstić information content (AvgIpc) is 3.43. The summed E-state index contributed by atoms with van der Waals surface area (Å²) >= 11 is 0. The summed E-state index contributed by atoms with van der Waals surface area (Å²) in [6, 6.07) is 7.55. The van der Waals surface area contributed by atoms with Crippen LogP contribution in [-0.4, -0.2) is 55.5 Å². The zero-order valence-corrected chi connectivity index (χ0v) is 15.2. The second-order valence-electron chi connectivity index (χ2n) is 7.51. The molecule has 2 fully saturated rings. The molecule has 2 heterocycles. The number of rotatable bonds is 5. The van der Waals surface area contributed by atoms with E-state index in [1.807, 2.05) is 24.3 Å². The first-order valence-electron chi connectivity index (χ1n) is 9.14. The van der Waals surface area contributed by atoms with Crippen molar-refractivity contribution >= 4 is 10.0 Å². The van der Waals surface area contributed by atoms with Gasteiger partial charge >= 0.3 is 0 Å². The maximum Gasteiger partial charge on any atom is 0.215 e. The van der Waals surface area contributed by atoms with Crippen LogP contribution in [0.25, 0.3) is 0 Å². The molecule has 0 radical (unpaired) electrons. The van der Waals surface area contributed by atoms with Crippen molar-refractivity contribution < 1.29 is 18.3 Å². The number of benzene rings is 1. The maximum absolute atomic E-state index is 12.5. The van der Waals surface area contributed by atoms with Crippen LogP contribution in [0.3, 0.4) is 0 Å². The molecule has 0 aromatic heterocycles. The van der Waals surface area contributed by atoms with Crippen molar-refractivity contribution in [1.29, 1.82) is 0 Å². The molecular weight excluding hydrogens is 340 g/mol. The first kappa shape index (κ1) is 17.3. The van der Waals surface area contributed by atoms with Gasteiger partial charge in [-0.15, -0.1) is 0 Å². The quantitative estimate of drug-likeness (QED) is 0.824. The van der Waals surface area contributed by atoms with Gasteiger partial charge < -0.3 is 14.7 Å². The van der Waals surface area contributed by atoms with Crippen molar-refractivity contribution in [1.82, 2.24) is 9.62 Å². The standard InChI is InChI=1S/C18H26N2O4S/c21-12-11-20-9-7-18(8-10-20)13-16(19-25(22,23)14-5-6-14)15-3-1-2-4-17(15)24-18/h1-4,14,16,19,21H,5-13H2. The molecule has 1 aromatic carbocycles. The molecule has 2 N–H and O–H groups in total. The van der Waals surface area contributed by atoms with Crippen molar-refractivity contribution in [3.8, 4) is 5.75 Å². The zero-order valence-electron chi connectivity index (χ0n) is 14.4. The van der Waals surface area contributed by atoms with E-state index in [0.29, 0.717) is 13.0 Å². The lowest BCUT2D eigenvalue weighted by atomic mass is 9.81. The average molecular weight is 366 g/mol. The summed E-state index contributed by atoms with van der Waals surface area (Å²) in [6.07, 6.45) is 3.90. The van der Waals surface area contributed by atoms with Gasteiger partial charge in [-0.25, -0.2) is 13.1 Å². The number of hydrogen-bond donors (Lipinski definition) is 2. The molecule has 3 aliphatic rings. The molecule has 1 atom stereocenters. The van der Waals surface area contributed by atoms with E-state index in [2.05, 4.69) is 9.62 Å². The Labute approximate surface area is 149 Å². The van der Waals surface area contributed by atoms with Crippen molar-refractivity contribution in [3.05, 3.63) is 29.8 Å². The van der Waals surface area contributed by atoms with Gasteiger partial charge in [0, 0.05) is 31.6 Å². The van der Waals surface area contributed by atoms with E-state index in [4.69, 9.17) is 9.84 Å². The molecule has 25 heavy (non-hydrogen) atoms. The summed E-state index contributed by atoms with van der Waals surface area (Å²) in [5.41, 5.74) is 0.618. The lowest BCUT2D eigenvalue weighted by Gasteiger charge is -2.47. The fourth-order valence-corrected chi connectivity index (χ4v) is 5.58. The predicted molar refractivity (Wildman–Crippen MR) is 95.0 cm³/mol. The predicted octanol–water partition coefficient (Wildman–Crippen LogP) is 1.42. The number of nitrogens with one attached hydrogen (secondary N) is 1. The van der Waals surface area contributed by atoms with E-state index in [-0.39, 0.29) is 23.5 Å². The summed E-state index contributed by atoms with van der Waals surface area (Å²) in [4.78, 5) is 2.23. The number of aliphatic hydroxyl groups excluding tert-OH is 1. The lowest BCUT2D eigenvalue weighted by molar-refractivity contribution is -0.0256. The van der Waals surface area contributed by atoms with Gasteiger partial charge in [0.25, 0.3) is 0 Å². The summed E-state index contributed by atoms with van der Waals surface area (Å²) in [5.74, 6) is 0.799. The van der Waals surface area contributed by atoms with Crippen LogP contribution in [0.2, 0.25) is 0 Å². The van der Waals surface area contributed by atoms with Gasteiger partial charge in [-0.1, -0.05) is 18.2 Å². The Kier molecular flexibility index (Phi) is 4.52. The Morgan fingerprint density at radius 1 is 1.24 bits per heavy atom. The molecule has 1 saturated carbocycles. The summed E-state index contributed by atoms with van der Waals surface area (Å²) in [5, 5.41) is 8.91. The number of ether oxygens (including phenoxy) is 1. The summed E-state index contributed by atoms with van der Waals surface area (Å²) < 4.78 is 34.3. The molecule has 2 aliphatic heterocycles. The van der Waals surface area contributed by atoms with E-state index in [1.165, 1.54) is 0 Å². The van der Waals surface area contributed by atoms with Crippen molar-refractivity contribution in [2.75, 3.05) is 26.2 Å². The van der Waals surface area contributed by atoms with Gasteiger partial charge in [0.15, 0.2) is 0 Å². The van der Waals surface area contributed by atoms with Crippen LogP contribution in [0, 0.1) is 0 Å². The van der Waals surface area contributed by atoms with Crippen LogP contribution in [0.15, 0.2) is 24.3 Å². The van der Waals surface area contributed by atoms with Crippen LogP contribution in [-0.2, 0) is 10.0 Å². The summed E-state index contributed by atoms with van der Waals surface area (Å²) in [7, 11) is -3.25. The third-order valence-corrected chi connectivity index (χ3v) is 7.61. The zero-order chi connectivity index (χ0) is 17.5. The second-order valence-corrected chi connectivity index (χ2v) is 9.50. The van der Waals surface area contributed by atoms with Gasteiger partial charge in [-0.3, -0.25) is 0 Å². The number of β-amino-alcohol motifs (C(OH)–C–C–N with tert-alkyl or cyclic N) is 1. The molecule has 1 saturated heterocycles. The van der Waals surface area contributed by atoms with Crippen LogP contribution in [0.1, 0.15) is 43.7 Å². The van der Waals surface area contributed by atoms with E-state index in [9.17, 15) is 8.42 Å². The first-order valence-corrected chi connectivity index (χ1v) is 10.7. The number of piperidine rings is 1. The normalized spacial score (nSPS) is 26.2. The van der Waals surface area contributed by atoms with Gasteiger partial charge in [0.05, 0.1) is 17.9 Å². The highest BCUT2D eigenvalue weighted by Crippen LogP contribution is 2.45. The van der Waals surface area contributed by atoms with E-state index < -0.39 is 10.0 Å². The van der Waals surface area contributed by atoms with E-state index >= 15 is 0 Å². The third kappa shape index (κ3) is 3.56. The fourth-order valence-electron chi connectivity index (χ4n) is 4.03. The maximum atomic E-state index is 12.5. The van der Waals surface area contributed by atoms with E-state index in [1.54, 1.807) is 0 Å². The molecule has 6 nitrogen and oxygen atoms in total. The lowest BCUT2D eigenvalue weighted by Crippen LogP contribution is -2.52. The van der Waals surface area contributed by atoms with Crippen LogP contribution in [0.4, 0.5) is 0 Å². The Morgan fingerprint density at radius 3 is 2.64 bits per heavy atom. The van der Waals surface area contributed by atoms with Gasteiger partial charge in [0.2, 0.25) is 10.0 Å². The Hall–Kier alpha value is -1.15. The second kappa shape index (κ2) is 6.54. The molecule has 1 aliphatic carbocycles. The van der Waals surface area contributed by atoms with Crippen LogP contribution in [0.5, 0.6) is 5.75 Å². The largest absolute Gasteiger partial charge is 0.487 e. The molecule has 0 bridgehead atoms. The minimum Gasteiger partial charge on any atom is -0.487 e. The SMILES string of the molecule is O=S(=O)(NC1CC2(CCN(CCO)CC2)Oc2ccccc21)C1CC1. The highest BCUT2D eigenvalue weighted by Gasteiger charge is 2.45. The number of sulfonamides is 1. The highest BCUT2D eigenvalue weighted by molar-refractivity contribution is 7.90. The molecule has 4 rings (SSSR count). The number of likely N-dealkylation sites (tertiary alicyclic amines) is 1. The number of aliphatic hydroxyl groups is 1. The summed E-state index contributed by atoms with van der Waals surface area (Å²) in [6.45, 7) is 2.58. The third-order valence-electron chi connectivity index (χ3n) is 5.65. The van der Waals surface area contributed by atoms with Crippen LogP contribution >= 0.6 is 0 Å². The number of hydrogen-bond acceptors (Lipinski definition) is 5. The van der Waals surface area contributed by atoms with Crippen LogP contribution < -0.4 is 9.46 Å². The molecule has 1 aromatic rings. The Balaban J connectivity index is 1.57. The number of nitrogens with zero attached hydrogens (tertiary/aromatic N) is 1. The van der Waals surface area contributed by atoms with Crippen molar-refractivity contribution in [2.24, 2.45) is 0 Å². The topological polar surface area (TPSA) is 78.9 Å². The van der Waals surface area contributed by atoms with E-state index in [0.717, 1.165) is 50.1 Å². The van der Waals surface area contributed by atoms with Gasteiger partial charge in [0.1, 0.15) is 11.4 Å². The fraction of sp³-hybridized carbons (Fsp3) is 0.667. The monoisotopic (exact) mass is 366 g/mol. The molecule has 7 heteroatoms. The minimum absolute atomic E-state index is 0.167. The van der Waals surface area contributed by atoms with Gasteiger partial charge in [-0.2, -0.15) is 0 Å². The highest BCUT2D eigenvalue weighted by atomic mass is 32.2. The molecule has 0 amide bonds. The molecule has 1 spiro atoms. The van der Waals surface area contributed by atoms with Crippen molar-refractivity contribution in [2.45, 2.75) is 49.0 Å². The molecule has 1 unspecified atom stereocenters. The number of fused-ring (bicyclic) bond motifs is 1. The van der Waals surface area contributed by atoms with Crippen molar-refractivity contribution in [3.63, 3.8) is 0 Å². The number of para-hydroxylation sites is 1.